The van der Waals surface area contributed by atoms with Crippen LogP contribution in [0.4, 0.5) is 5.69 Å². The van der Waals surface area contributed by atoms with E-state index in [4.69, 9.17) is 15.0 Å². The molecule has 2 N–H and O–H groups in total. The summed E-state index contributed by atoms with van der Waals surface area (Å²) in [7, 11) is 0. The number of nitrogens with zero attached hydrogens (tertiary/aromatic N) is 3. The molecule has 0 bridgehead atoms. The fraction of sp³-hybridized carbons (Fsp3) is 0.471. The van der Waals surface area contributed by atoms with E-state index in [0.29, 0.717) is 23.2 Å². The highest BCUT2D eigenvalue weighted by Crippen LogP contribution is 2.36. The number of amides is 1. The van der Waals surface area contributed by atoms with Crippen LogP contribution >= 0.6 is 12.4 Å². The molecule has 2 heterocycles. The molecule has 7 nitrogen and oxygen atoms in total. The molecule has 1 aromatic heterocycles. The summed E-state index contributed by atoms with van der Waals surface area (Å²) in [6.45, 7) is 1.95. The number of para-hydroxylation sites is 2. The molecule has 4 rings (SSSR count). The molecule has 1 unspecified atom stereocenters. The van der Waals surface area contributed by atoms with Crippen LogP contribution in [0.3, 0.4) is 0 Å². The molecule has 134 valence electrons. The number of aromatic nitrogens is 2. The van der Waals surface area contributed by atoms with E-state index in [1.165, 1.54) is 0 Å². The van der Waals surface area contributed by atoms with Gasteiger partial charge in [0.05, 0.1) is 11.2 Å². The Morgan fingerprint density at radius 3 is 2.80 bits per heavy atom. The summed E-state index contributed by atoms with van der Waals surface area (Å²) >= 11 is 0. The Labute approximate surface area is 151 Å². The van der Waals surface area contributed by atoms with Crippen LogP contribution in [-0.4, -0.2) is 22.2 Å². The minimum absolute atomic E-state index is 0. The molecule has 1 saturated carbocycles. The van der Waals surface area contributed by atoms with Crippen molar-refractivity contribution in [2.24, 2.45) is 5.73 Å². The Morgan fingerprint density at radius 1 is 1.32 bits per heavy atom. The van der Waals surface area contributed by atoms with Gasteiger partial charge in [-0.25, -0.2) is 0 Å². The van der Waals surface area contributed by atoms with Gasteiger partial charge >= 0.3 is 0 Å². The van der Waals surface area contributed by atoms with Crippen molar-refractivity contribution in [1.82, 2.24) is 10.1 Å². The molecule has 1 atom stereocenters. The average Bonchev–Trinajstić information content (AvgIpc) is 3.22. The van der Waals surface area contributed by atoms with Gasteiger partial charge in [0.15, 0.2) is 11.9 Å². The zero-order chi connectivity index (χ0) is 16.7. The van der Waals surface area contributed by atoms with Gasteiger partial charge in [-0.15, -0.1) is 12.4 Å². The number of benzene rings is 1. The number of nitrogens with two attached hydrogens (primary N) is 1. The first-order chi connectivity index (χ1) is 11.6. The maximum absolute atomic E-state index is 12.5. The summed E-state index contributed by atoms with van der Waals surface area (Å²) in [5, 5.41) is 4.06. The Kier molecular flexibility index (Phi) is 4.71. The summed E-state index contributed by atoms with van der Waals surface area (Å²) in [4.78, 5) is 18.6. The average molecular weight is 365 g/mol. The fourth-order valence-electron chi connectivity index (χ4n) is 3.41. The number of hydrogen-bond donors (Lipinski definition) is 1. The minimum Gasteiger partial charge on any atom is -0.479 e. The van der Waals surface area contributed by atoms with Crippen molar-refractivity contribution in [1.29, 1.82) is 0 Å². The maximum atomic E-state index is 12.5. The monoisotopic (exact) mass is 364 g/mol. The van der Waals surface area contributed by atoms with E-state index in [1.54, 1.807) is 11.8 Å². The standard InChI is InChI=1S/C17H20N4O3.ClH/c1-11-15(22)21(12-6-2-3-7-13(12)23-11)10-14-19-16(20-24-14)17(18)8-4-5-9-17;/h2-3,6-7,11H,4-5,8-10,18H2,1H3;1H. The number of ether oxygens (including phenoxy) is 1. The molecule has 2 aliphatic rings. The van der Waals surface area contributed by atoms with E-state index in [0.717, 1.165) is 25.7 Å². The van der Waals surface area contributed by atoms with Crippen LogP contribution in [0.5, 0.6) is 5.75 Å². The Hall–Kier alpha value is -2.12. The molecule has 0 spiro atoms. The molecule has 0 saturated heterocycles. The van der Waals surface area contributed by atoms with Gasteiger partial charge in [-0.05, 0) is 31.9 Å². The van der Waals surface area contributed by atoms with Gasteiger partial charge in [0.25, 0.3) is 5.91 Å². The maximum Gasteiger partial charge on any atom is 0.268 e. The van der Waals surface area contributed by atoms with Crippen LogP contribution in [0.1, 0.15) is 44.3 Å². The van der Waals surface area contributed by atoms with Crippen LogP contribution in [-0.2, 0) is 16.9 Å². The van der Waals surface area contributed by atoms with Gasteiger partial charge in [0.2, 0.25) is 5.89 Å². The van der Waals surface area contributed by atoms with Crippen molar-refractivity contribution in [3.63, 3.8) is 0 Å². The third kappa shape index (κ3) is 3.09. The summed E-state index contributed by atoms with van der Waals surface area (Å²) in [5.74, 6) is 1.48. The highest BCUT2D eigenvalue weighted by molar-refractivity contribution is 5.99. The highest BCUT2D eigenvalue weighted by atomic mass is 35.5. The normalized spacial score (nSPS) is 21.4. The van der Waals surface area contributed by atoms with Crippen LogP contribution in [0, 0.1) is 0 Å². The predicted octanol–water partition coefficient (Wildman–Crippen LogP) is 2.53. The molecule has 2 aromatic rings. The molecule has 1 amide bonds. The van der Waals surface area contributed by atoms with Gasteiger partial charge in [-0.1, -0.05) is 30.1 Å². The van der Waals surface area contributed by atoms with Crippen molar-refractivity contribution >= 4 is 24.0 Å². The lowest BCUT2D eigenvalue weighted by molar-refractivity contribution is -0.125. The van der Waals surface area contributed by atoms with Crippen LogP contribution in [0.2, 0.25) is 0 Å². The molecule has 0 radical (unpaired) electrons. The topological polar surface area (TPSA) is 94.5 Å². The summed E-state index contributed by atoms with van der Waals surface area (Å²) in [6, 6.07) is 7.43. The number of carbonyl (C=O) groups is 1. The molecular formula is C17H21ClN4O3. The second-order valence-electron chi connectivity index (χ2n) is 6.53. The Balaban J connectivity index is 0.00000182. The van der Waals surface area contributed by atoms with Crippen molar-refractivity contribution in [2.75, 3.05) is 4.90 Å². The number of anilines is 1. The highest BCUT2D eigenvalue weighted by Gasteiger charge is 2.37. The van der Waals surface area contributed by atoms with Crippen molar-refractivity contribution < 1.29 is 14.1 Å². The van der Waals surface area contributed by atoms with Crippen LogP contribution in [0.15, 0.2) is 28.8 Å². The van der Waals surface area contributed by atoms with Gasteiger partial charge in [0.1, 0.15) is 12.3 Å². The number of rotatable bonds is 3. The van der Waals surface area contributed by atoms with Crippen LogP contribution in [0.25, 0.3) is 0 Å². The first-order valence-corrected chi connectivity index (χ1v) is 8.26. The lowest BCUT2D eigenvalue weighted by atomic mass is 9.99. The molecule has 1 aliphatic heterocycles. The number of fused-ring (bicyclic) bond motifs is 1. The van der Waals surface area contributed by atoms with E-state index >= 15 is 0 Å². The van der Waals surface area contributed by atoms with Gasteiger partial charge in [-0.3, -0.25) is 9.69 Å². The van der Waals surface area contributed by atoms with Crippen molar-refractivity contribution in [2.45, 2.75) is 50.8 Å². The number of hydrogen-bond acceptors (Lipinski definition) is 6. The van der Waals surface area contributed by atoms with Gasteiger partial charge < -0.3 is 15.0 Å². The summed E-state index contributed by atoms with van der Waals surface area (Å²) in [6.07, 6.45) is 3.34. The third-order valence-electron chi connectivity index (χ3n) is 4.78. The minimum atomic E-state index is -0.544. The van der Waals surface area contributed by atoms with E-state index in [2.05, 4.69) is 10.1 Å². The molecule has 25 heavy (non-hydrogen) atoms. The summed E-state index contributed by atoms with van der Waals surface area (Å²) in [5.41, 5.74) is 6.58. The Bertz CT molecular complexity index is 773. The van der Waals surface area contributed by atoms with E-state index in [1.807, 2.05) is 24.3 Å². The lowest BCUT2D eigenvalue weighted by Crippen LogP contribution is -2.44. The second kappa shape index (κ2) is 6.65. The largest absolute Gasteiger partial charge is 0.479 e. The summed E-state index contributed by atoms with van der Waals surface area (Å²) < 4.78 is 11.0. The molecule has 1 aromatic carbocycles. The van der Waals surface area contributed by atoms with Crippen LogP contribution < -0.4 is 15.4 Å². The SMILES string of the molecule is CC1Oc2ccccc2N(Cc2nc(C3(N)CCCC3)no2)C1=O.Cl. The molecular weight excluding hydrogens is 344 g/mol. The first-order valence-electron chi connectivity index (χ1n) is 8.26. The third-order valence-corrected chi connectivity index (χ3v) is 4.78. The predicted molar refractivity (Wildman–Crippen MR) is 93.6 cm³/mol. The van der Waals surface area contributed by atoms with Crippen molar-refractivity contribution in [3.8, 4) is 5.75 Å². The number of carbonyl (C=O) groups excluding carboxylic acids is 1. The zero-order valence-corrected chi connectivity index (χ0v) is 14.8. The first kappa shape index (κ1) is 17.7. The van der Waals surface area contributed by atoms with E-state index in [-0.39, 0.29) is 24.9 Å². The van der Waals surface area contributed by atoms with E-state index < -0.39 is 11.6 Å². The van der Waals surface area contributed by atoms with Gasteiger partial charge in [0, 0.05) is 0 Å². The molecule has 1 aliphatic carbocycles. The fourth-order valence-corrected chi connectivity index (χ4v) is 3.41. The molecule has 8 heteroatoms. The quantitative estimate of drug-likeness (QED) is 0.899. The zero-order valence-electron chi connectivity index (χ0n) is 14.0. The van der Waals surface area contributed by atoms with E-state index in [9.17, 15) is 4.79 Å². The lowest BCUT2D eigenvalue weighted by Gasteiger charge is -2.31. The van der Waals surface area contributed by atoms with Gasteiger partial charge in [-0.2, -0.15) is 4.98 Å². The Morgan fingerprint density at radius 2 is 2.04 bits per heavy atom. The van der Waals surface area contributed by atoms with Crippen molar-refractivity contribution in [3.05, 3.63) is 36.0 Å². The number of halogens is 1. The second-order valence-corrected chi connectivity index (χ2v) is 6.53. The smallest absolute Gasteiger partial charge is 0.268 e. The molecule has 1 fully saturated rings.